The van der Waals surface area contributed by atoms with Gasteiger partial charge in [-0.3, -0.25) is 0 Å². The number of anilines is 1. The molecule has 0 fully saturated rings. The number of aromatic nitrogens is 3. The van der Waals surface area contributed by atoms with Gasteiger partial charge in [0.15, 0.2) is 5.16 Å². The first-order valence-corrected chi connectivity index (χ1v) is 5.59. The van der Waals surface area contributed by atoms with Gasteiger partial charge in [-0.2, -0.15) is 0 Å². The van der Waals surface area contributed by atoms with Crippen LogP contribution < -0.4 is 5.73 Å². The van der Waals surface area contributed by atoms with Crippen molar-refractivity contribution in [3.05, 3.63) is 29.6 Å². The van der Waals surface area contributed by atoms with E-state index in [1.165, 1.54) is 6.07 Å². The molecule has 0 aliphatic carbocycles. The fraction of sp³-hybridized carbons (Fsp3) is 0.200. The van der Waals surface area contributed by atoms with Crippen LogP contribution >= 0.6 is 11.8 Å². The van der Waals surface area contributed by atoms with Gasteiger partial charge < -0.3 is 10.3 Å². The molecule has 2 N–H and O–H groups in total. The smallest absolute Gasteiger partial charge is 0.195 e. The molecule has 0 amide bonds. The molecule has 17 heavy (non-hydrogen) atoms. The molecule has 2 rings (SSSR count). The molecule has 0 aliphatic heterocycles. The maximum absolute atomic E-state index is 13.2. The third-order valence-electron chi connectivity index (χ3n) is 2.31. The van der Waals surface area contributed by atoms with Gasteiger partial charge in [-0.15, -0.1) is 10.2 Å². The monoisotopic (exact) mass is 256 g/mol. The zero-order chi connectivity index (χ0) is 12.6. The molecule has 2 aromatic rings. The van der Waals surface area contributed by atoms with E-state index < -0.39 is 11.6 Å². The number of nitrogens with zero attached hydrogens (tertiary/aromatic N) is 3. The Bertz CT molecular complexity index is 568. The van der Waals surface area contributed by atoms with Crippen LogP contribution in [-0.4, -0.2) is 14.8 Å². The van der Waals surface area contributed by atoms with E-state index in [0.29, 0.717) is 11.0 Å². The fourth-order valence-corrected chi connectivity index (χ4v) is 2.15. The first-order chi connectivity index (χ1) is 7.99. The van der Waals surface area contributed by atoms with Gasteiger partial charge in [0, 0.05) is 18.0 Å². The fourth-order valence-electron chi connectivity index (χ4n) is 1.22. The second kappa shape index (κ2) is 4.33. The van der Waals surface area contributed by atoms with Crippen molar-refractivity contribution in [2.45, 2.75) is 17.0 Å². The molecule has 0 saturated carbocycles. The molecular weight excluding hydrogens is 246 g/mol. The van der Waals surface area contributed by atoms with Gasteiger partial charge in [0.2, 0.25) is 0 Å². The van der Waals surface area contributed by atoms with E-state index >= 15 is 0 Å². The van der Waals surface area contributed by atoms with Crippen molar-refractivity contribution in [3.8, 4) is 0 Å². The first-order valence-electron chi connectivity index (χ1n) is 4.77. The summed E-state index contributed by atoms with van der Waals surface area (Å²) in [6.45, 7) is 1.78. The molecule has 0 atom stereocenters. The zero-order valence-corrected chi connectivity index (χ0v) is 10.1. The van der Waals surface area contributed by atoms with Gasteiger partial charge in [-0.05, 0) is 24.8 Å². The lowest BCUT2D eigenvalue weighted by Gasteiger charge is -2.06. The van der Waals surface area contributed by atoms with Crippen LogP contribution in [-0.2, 0) is 7.05 Å². The highest BCUT2D eigenvalue weighted by Crippen LogP contribution is 2.32. The summed E-state index contributed by atoms with van der Waals surface area (Å²) in [4.78, 5) is 0.290. The Morgan fingerprint density at radius 1 is 1.29 bits per heavy atom. The number of halogens is 2. The number of nitrogens with two attached hydrogens (primary N) is 1. The molecular formula is C10H10F2N4S. The lowest BCUT2D eigenvalue weighted by Crippen LogP contribution is -1.97. The number of hydrogen-bond acceptors (Lipinski definition) is 4. The van der Waals surface area contributed by atoms with E-state index in [1.54, 1.807) is 18.5 Å². The molecule has 7 heteroatoms. The quantitative estimate of drug-likeness (QED) is 0.836. The van der Waals surface area contributed by atoms with Crippen LogP contribution in [0.15, 0.2) is 22.2 Å². The molecule has 4 nitrogen and oxygen atoms in total. The summed E-state index contributed by atoms with van der Waals surface area (Å²) in [6.07, 6.45) is 0. The van der Waals surface area contributed by atoms with Gasteiger partial charge in [-0.1, -0.05) is 0 Å². The summed E-state index contributed by atoms with van der Waals surface area (Å²) in [6, 6.07) is 1.93. The highest BCUT2D eigenvalue weighted by atomic mass is 32.2. The van der Waals surface area contributed by atoms with E-state index in [9.17, 15) is 8.78 Å². The Hall–Kier alpha value is -1.63. The molecule has 1 aromatic heterocycles. The summed E-state index contributed by atoms with van der Waals surface area (Å²) in [5, 5.41) is 8.26. The van der Waals surface area contributed by atoms with Crippen molar-refractivity contribution in [1.29, 1.82) is 0 Å². The first kappa shape index (κ1) is 11.8. The van der Waals surface area contributed by atoms with Crippen LogP contribution in [0.3, 0.4) is 0 Å². The van der Waals surface area contributed by atoms with Gasteiger partial charge in [0.05, 0.1) is 5.69 Å². The molecule has 90 valence electrons. The van der Waals surface area contributed by atoms with Crippen molar-refractivity contribution in [2.24, 2.45) is 7.05 Å². The summed E-state index contributed by atoms with van der Waals surface area (Å²) in [5.74, 6) is -0.729. The van der Waals surface area contributed by atoms with Gasteiger partial charge in [0.25, 0.3) is 0 Å². The van der Waals surface area contributed by atoms with E-state index in [0.717, 1.165) is 17.8 Å². The second-order valence-electron chi connectivity index (χ2n) is 3.49. The standard InChI is InChI=1S/C10H10F2N4S/c1-5-14-15-10(16(5)2)17-8-4-6(11)3-7(12)9(8)13/h3-4H,13H2,1-2H3. The number of nitrogen functional groups attached to an aromatic ring is 1. The predicted molar refractivity (Wildman–Crippen MR) is 60.6 cm³/mol. The molecule has 1 aromatic carbocycles. The van der Waals surface area contributed by atoms with E-state index in [2.05, 4.69) is 10.2 Å². The largest absolute Gasteiger partial charge is 0.395 e. The normalized spacial score (nSPS) is 10.8. The minimum Gasteiger partial charge on any atom is -0.395 e. The lowest BCUT2D eigenvalue weighted by atomic mass is 10.3. The third kappa shape index (κ3) is 2.23. The van der Waals surface area contributed by atoms with Crippen molar-refractivity contribution in [3.63, 3.8) is 0 Å². The molecule has 0 unspecified atom stereocenters. The maximum atomic E-state index is 13.2. The molecule has 1 heterocycles. The van der Waals surface area contributed by atoms with Crippen molar-refractivity contribution in [2.75, 3.05) is 5.73 Å². The molecule has 0 saturated heterocycles. The number of hydrogen-bond donors (Lipinski definition) is 1. The van der Waals surface area contributed by atoms with Crippen molar-refractivity contribution >= 4 is 17.4 Å². The van der Waals surface area contributed by atoms with E-state index in [1.807, 2.05) is 0 Å². The third-order valence-corrected chi connectivity index (χ3v) is 3.41. The van der Waals surface area contributed by atoms with Crippen LogP contribution in [0.4, 0.5) is 14.5 Å². The van der Waals surface area contributed by atoms with Crippen LogP contribution in [0.25, 0.3) is 0 Å². The van der Waals surface area contributed by atoms with Crippen LogP contribution in [0.2, 0.25) is 0 Å². The zero-order valence-electron chi connectivity index (χ0n) is 9.24. The Kier molecular flexibility index (Phi) is 3.01. The van der Waals surface area contributed by atoms with Crippen LogP contribution in [0.5, 0.6) is 0 Å². The highest BCUT2D eigenvalue weighted by Gasteiger charge is 2.13. The molecule has 0 bridgehead atoms. The average molecular weight is 256 g/mol. The van der Waals surface area contributed by atoms with E-state index in [4.69, 9.17) is 5.73 Å². The SMILES string of the molecule is Cc1nnc(Sc2cc(F)cc(F)c2N)n1C. The van der Waals surface area contributed by atoms with E-state index in [-0.39, 0.29) is 10.6 Å². The summed E-state index contributed by atoms with van der Waals surface area (Å²) < 4.78 is 28.0. The maximum Gasteiger partial charge on any atom is 0.195 e. The Morgan fingerprint density at radius 2 is 2.00 bits per heavy atom. The molecule has 0 aliphatic rings. The molecule has 0 spiro atoms. The van der Waals surface area contributed by atoms with Gasteiger partial charge >= 0.3 is 0 Å². The van der Waals surface area contributed by atoms with Gasteiger partial charge in [0.1, 0.15) is 17.5 Å². The Labute approximate surface area is 101 Å². The van der Waals surface area contributed by atoms with Crippen molar-refractivity contribution < 1.29 is 8.78 Å². The molecule has 0 radical (unpaired) electrons. The summed E-state index contributed by atoms with van der Waals surface area (Å²) in [5.41, 5.74) is 5.45. The Morgan fingerprint density at radius 3 is 2.59 bits per heavy atom. The topological polar surface area (TPSA) is 56.7 Å². The van der Waals surface area contributed by atoms with Crippen molar-refractivity contribution in [1.82, 2.24) is 14.8 Å². The minimum atomic E-state index is -0.772. The van der Waals surface area contributed by atoms with Crippen LogP contribution in [0, 0.1) is 18.6 Å². The second-order valence-corrected chi connectivity index (χ2v) is 4.50. The number of aryl methyl sites for hydroxylation is 1. The summed E-state index contributed by atoms with van der Waals surface area (Å²) in [7, 11) is 1.77. The Balaban J connectivity index is 2.39. The number of rotatable bonds is 2. The van der Waals surface area contributed by atoms with Gasteiger partial charge in [-0.25, -0.2) is 8.78 Å². The minimum absolute atomic E-state index is 0.0861. The lowest BCUT2D eigenvalue weighted by molar-refractivity contribution is 0.581. The average Bonchev–Trinajstić information content (AvgIpc) is 2.57. The summed E-state index contributed by atoms with van der Waals surface area (Å²) >= 11 is 1.07. The highest BCUT2D eigenvalue weighted by molar-refractivity contribution is 7.99. The van der Waals surface area contributed by atoms with Crippen LogP contribution in [0.1, 0.15) is 5.82 Å². The number of benzene rings is 1. The predicted octanol–water partition coefficient (Wildman–Crippen LogP) is 2.14.